The van der Waals surface area contributed by atoms with E-state index in [4.69, 9.17) is 9.84 Å². The Morgan fingerprint density at radius 1 is 1.31 bits per heavy atom. The number of rotatable bonds is 3. The Kier molecular flexibility index (Phi) is 8.17. The Labute approximate surface area is 97.1 Å². The highest BCUT2D eigenvalue weighted by molar-refractivity contribution is 5.69. The van der Waals surface area contributed by atoms with Crippen LogP contribution in [0.25, 0.3) is 0 Å². The third-order valence-electron chi connectivity index (χ3n) is 1.87. The predicted octanol–water partition coefficient (Wildman–Crippen LogP) is 2.70. The molecule has 3 nitrogen and oxygen atoms in total. The van der Waals surface area contributed by atoms with Crippen molar-refractivity contribution in [3.05, 3.63) is 35.9 Å². The molecular formula is C13H20O3. The fraction of sp³-hybridized carbons (Fsp3) is 0.462. The number of carbonyl (C=O) groups excluding carboxylic acids is 1. The number of ether oxygens (including phenoxy) is 1. The minimum absolute atomic E-state index is 0.145. The van der Waals surface area contributed by atoms with E-state index in [2.05, 4.69) is 0 Å². The molecule has 0 aromatic heterocycles. The van der Waals surface area contributed by atoms with Gasteiger partial charge in [-0.25, -0.2) is 0 Å². The number of aliphatic hydroxyl groups is 1. The van der Waals surface area contributed by atoms with Gasteiger partial charge in [0, 0.05) is 13.0 Å². The molecule has 3 heteroatoms. The van der Waals surface area contributed by atoms with Crippen LogP contribution >= 0.6 is 0 Å². The Morgan fingerprint density at radius 2 is 1.81 bits per heavy atom. The number of hydrogen-bond donors (Lipinski definition) is 1. The average Bonchev–Trinajstić information content (AvgIpc) is 2.31. The molecule has 0 aliphatic carbocycles. The van der Waals surface area contributed by atoms with Gasteiger partial charge >= 0.3 is 5.97 Å². The summed E-state index contributed by atoms with van der Waals surface area (Å²) in [6.07, 6.45) is 0.283. The lowest BCUT2D eigenvalue weighted by Crippen LogP contribution is -2.06. The van der Waals surface area contributed by atoms with Crippen molar-refractivity contribution < 1.29 is 14.6 Å². The third-order valence-corrected chi connectivity index (χ3v) is 1.87. The standard InChI is InChI=1S/C11H14O2.C2H6O/c1-3-11(12)13-9(2)10-7-5-4-6-8-10;1-2-3/h4-9H,3H2,1-2H3;3H,2H2,1H3. The van der Waals surface area contributed by atoms with E-state index < -0.39 is 0 Å². The van der Waals surface area contributed by atoms with Crippen LogP contribution in [0.2, 0.25) is 0 Å². The Morgan fingerprint density at radius 3 is 2.25 bits per heavy atom. The highest BCUT2D eigenvalue weighted by Gasteiger charge is 2.08. The molecule has 0 heterocycles. The van der Waals surface area contributed by atoms with Crippen molar-refractivity contribution >= 4 is 5.97 Å². The summed E-state index contributed by atoms with van der Waals surface area (Å²) in [5, 5.41) is 7.57. The fourth-order valence-corrected chi connectivity index (χ4v) is 1.07. The molecule has 0 spiro atoms. The fourth-order valence-electron chi connectivity index (χ4n) is 1.07. The van der Waals surface area contributed by atoms with Crippen molar-refractivity contribution in [3.63, 3.8) is 0 Å². The van der Waals surface area contributed by atoms with Crippen molar-refractivity contribution in [3.8, 4) is 0 Å². The van der Waals surface area contributed by atoms with Crippen LogP contribution in [0.3, 0.4) is 0 Å². The zero-order valence-corrected chi connectivity index (χ0v) is 10.1. The molecule has 0 saturated heterocycles. The van der Waals surface area contributed by atoms with Gasteiger partial charge in [-0.05, 0) is 19.4 Å². The zero-order chi connectivity index (χ0) is 12.4. The van der Waals surface area contributed by atoms with Crippen molar-refractivity contribution in [2.75, 3.05) is 6.61 Å². The molecule has 0 bridgehead atoms. The van der Waals surface area contributed by atoms with E-state index in [0.717, 1.165) is 5.56 Å². The van der Waals surface area contributed by atoms with Gasteiger partial charge in [0.25, 0.3) is 0 Å². The minimum atomic E-state index is -0.156. The quantitative estimate of drug-likeness (QED) is 0.803. The second-order valence-electron chi connectivity index (χ2n) is 3.21. The summed E-state index contributed by atoms with van der Waals surface area (Å²) < 4.78 is 5.15. The summed E-state index contributed by atoms with van der Waals surface area (Å²) >= 11 is 0. The van der Waals surface area contributed by atoms with Crippen LogP contribution in [-0.2, 0) is 9.53 Å². The molecular weight excluding hydrogens is 204 g/mol. The van der Waals surface area contributed by atoms with Gasteiger partial charge in [0.05, 0.1) is 0 Å². The summed E-state index contributed by atoms with van der Waals surface area (Å²) in [5.74, 6) is -0.156. The van der Waals surface area contributed by atoms with E-state index in [0.29, 0.717) is 6.42 Å². The van der Waals surface area contributed by atoms with E-state index in [1.54, 1.807) is 13.8 Å². The molecule has 0 fully saturated rings. The number of aliphatic hydroxyl groups excluding tert-OH is 1. The smallest absolute Gasteiger partial charge is 0.306 e. The summed E-state index contributed by atoms with van der Waals surface area (Å²) in [7, 11) is 0. The first-order valence-corrected chi connectivity index (χ1v) is 5.50. The second-order valence-corrected chi connectivity index (χ2v) is 3.21. The number of carbonyl (C=O) groups is 1. The van der Waals surface area contributed by atoms with Gasteiger partial charge < -0.3 is 9.84 Å². The third kappa shape index (κ3) is 6.19. The maximum atomic E-state index is 11.0. The van der Waals surface area contributed by atoms with Crippen LogP contribution < -0.4 is 0 Å². The maximum absolute atomic E-state index is 11.0. The molecule has 1 unspecified atom stereocenters. The molecule has 1 aromatic rings. The largest absolute Gasteiger partial charge is 0.458 e. The lowest BCUT2D eigenvalue weighted by Gasteiger charge is -2.12. The Hall–Kier alpha value is -1.35. The van der Waals surface area contributed by atoms with Crippen LogP contribution in [0.15, 0.2) is 30.3 Å². The Bertz CT molecular complexity index is 282. The van der Waals surface area contributed by atoms with Gasteiger partial charge in [0.2, 0.25) is 0 Å². The SMILES string of the molecule is CCC(=O)OC(C)c1ccccc1.CCO. The highest BCUT2D eigenvalue weighted by atomic mass is 16.5. The zero-order valence-electron chi connectivity index (χ0n) is 10.1. The first-order valence-electron chi connectivity index (χ1n) is 5.50. The summed E-state index contributed by atoms with van der Waals surface area (Å²) in [4.78, 5) is 11.0. The van der Waals surface area contributed by atoms with Crippen molar-refractivity contribution in [2.45, 2.75) is 33.3 Å². The molecule has 0 aliphatic heterocycles. The van der Waals surface area contributed by atoms with E-state index in [1.165, 1.54) is 0 Å². The molecule has 1 aromatic carbocycles. The van der Waals surface area contributed by atoms with Crippen LogP contribution in [0.5, 0.6) is 0 Å². The summed E-state index contributed by atoms with van der Waals surface area (Å²) in [6, 6.07) is 9.72. The van der Waals surface area contributed by atoms with Gasteiger partial charge in [-0.15, -0.1) is 0 Å². The molecule has 0 amide bonds. The monoisotopic (exact) mass is 224 g/mol. The van der Waals surface area contributed by atoms with Gasteiger partial charge in [0.1, 0.15) is 6.10 Å². The van der Waals surface area contributed by atoms with Gasteiger partial charge in [0.15, 0.2) is 0 Å². The lowest BCUT2D eigenvalue weighted by atomic mass is 10.1. The van der Waals surface area contributed by atoms with E-state index >= 15 is 0 Å². The molecule has 1 rings (SSSR count). The average molecular weight is 224 g/mol. The van der Waals surface area contributed by atoms with Gasteiger partial charge in [-0.1, -0.05) is 37.3 Å². The van der Waals surface area contributed by atoms with Crippen molar-refractivity contribution in [1.82, 2.24) is 0 Å². The van der Waals surface area contributed by atoms with E-state index in [-0.39, 0.29) is 18.7 Å². The highest BCUT2D eigenvalue weighted by Crippen LogP contribution is 2.16. The molecule has 90 valence electrons. The van der Waals surface area contributed by atoms with Crippen molar-refractivity contribution in [2.24, 2.45) is 0 Å². The molecule has 16 heavy (non-hydrogen) atoms. The Balaban J connectivity index is 0.000000673. The summed E-state index contributed by atoms with van der Waals surface area (Å²) in [5.41, 5.74) is 1.03. The lowest BCUT2D eigenvalue weighted by molar-refractivity contribution is -0.148. The molecule has 0 radical (unpaired) electrons. The van der Waals surface area contributed by atoms with E-state index in [1.807, 2.05) is 37.3 Å². The van der Waals surface area contributed by atoms with Gasteiger partial charge in [-0.3, -0.25) is 4.79 Å². The number of benzene rings is 1. The molecule has 0 aliphatic rings. The maximum Gasteiger partial charge on any atom is 0.306 e. The van der Waals surface area contributed by atoms with E-state index in [9.17, 15) is 4.79 Å². The molecule has 1 atom stereocenters. The molecule has 0 saturated carbocycles. The van der Waals surface area contributed by atoms with Crippen LogP contribution in [0.4, 0.5) is 0 Å². The normalized spacial score (nSPS) is 11.0. The second kappa shape index (κ2) is 8.92. The van der Waals surface area contributed by atoms with Gasteiger partial charge in [-0.2, -0.15) is 0 Å². The minimum Gasteiger partial charge on any atom is -0.458 e. The predicted molar refractivity (Wildman–Crippen MR) is 64.0 cm³/mol. The number of esters is 1. The first kappa shape index (κ1) is 14.6. The van der Waals surface area contributed by atoms with Crippen LogP contribution in [0, 0.1) is 0 Å². The molecule has 1 N–H and O–H groups in total. The summed E-state index contributed by atoms with van der Waals surface area (Å²) in [6.45, 7) is 5.60. The number of hydrogen-bond acceptors (Lipinski definition) is 3. The first-order chi connectivity index (χ1) is 7.65. The van der Waals surface area contributed by atoms with Crippen LogP contribution in [0.1, 0.15) is 38.9 Å². The van der Waals surface area contributed by atoms with Crippen molar-refractivity contribution in [1.29, 1.82) is 0 Å². The topological polar surface area (TPSA) is 46.5 Å². The van der Waals surface area contributed by atoms with Crippen LogP contribution in [-0.4, -0.2) is 17.7 Å².